The number of para-hydroxylation sites is 2. The van der Waals surface area contributed by atoms with Crippen LogP contribution in [0.25, 0.3) is 0 Å². The fraction of sp³-hybridized carbons (Fsp3) is 0.278. The normalized spacial score (nSPS) is 13.5. The highest BCUT2D eigenvalue weighted by Gasteiger charge is 2.23. The van der Waals surface area contributed by atoms with E-state index in [4.69, 9.17) is 9.84 Å². The fourth-order valence-electron chi connectivity index (χ4n) is 2.98. The molecule has 0 atom stereocenters. The summed E-state index contributed by atoms with van der Waals surface area (Å²) >= 11 is 0. The molecule has 0 saturated carbocycles. The Morgan fingerprint density at radius 2 is 1.92 bits per heavy atom. The molecule has 1 aliphatic heterocycles. The summed E-state index contributed by atoms with van der Waals surface area (Å²) < 4.78 is 5.94. The number of amides is 1. The first-order chi connectivity index (χ1) is 12.5. The predicted octanol–water partition coefficient (Wildman–Crippen LogP) is 4.10. The Morgan fingerprint density at radius 3 is 2.58 bits per heavy atom. The van der Waals surface area contributed by atoms with Crippen molar-refractivity contribution in [2.75, 3.05) is 29.9 Å². The number of hydrogen-bond acceptors (Lipinski definition) is 5. The zero-order valence-electron chi connectivity index (χ0n) is 14.3. The Bertz CT molecular complexity index is 833. The summed E-state index contributed by atoms with van der Waals surface area (Å²) in [4.78, 5) is 24.8. The Labute approximate surface area is 150 Å². The molecule has 0 bridgehead atoms. The van der Waals surface area contributed by atoms with E-state index in [0.29, 0.717) is 11.5 Å². The molecule has 0 aliphatic carbocycles. The lowest BCUT2D eigenvalue weighted by molar-refractivity contribution is -0.384. The van der Waals surface area contributed by atoms with Crippen molar-refractivity contribution in [1.82, 2.24) is 0 Å². The second kappa shape index (κ2) is 7.30. The molecule has 1 heterocycles. The topological polar surface area (TPSA) is 96.2 Å². The minimum Gasteiger partial charge on any atom is -0.465 e. The smallest absolute Gasteiger partial charge is 0.411 e. The van der Waals surface area contributed by atoms with Crippen molar-refractivity contribution in [3.63, 3.8) is 0 Å². The van der Waals surface area contributed by atoms with Crippen LogP contribution in [-0.4, -0.2) is 36.3 Å². The molecule has 1 fully saturated rings. The number of rotatable bonds is 5. The van der Waals surface area contributed by atoms with Gasteiger partial charge >= 0.3 is 6.09 Å². The average molecular weight is 357 g/mol. The average Bonchev–Trinajstić information content (AvgIpc) is 3.15. The summed E-state index contributed by atoms with van der Waals surface area (Å²) in [6.07, 6.45) is 0.960. The SMILES string of the molecule is CN(C(=O)O)c1cc(Oc2ccccc2N2CCCC2)ccc1[N+](=O)[O-]. The first kappa shape index (κ1) is 17.5. The molecule has 8 heteroatoms. The van der Waals surface area contributed by atoms with E-state index in [2.05, 4.69) is 4.90 Å². The maximum atomic E-state index is 11.2. The predicted molar refractivity (Wildman–Crippen MR) is 97.5 cm³/mol. The van der Waals surface area contributed by atoms with Crippen LogP contribution in [0.15, 0.2) is 42.5 Å². The highest BCUT2D eigenvalue weighted by molar-refractivity contribution is 5.89. The zero-order valence-corrected chi connectivity index (χ0v) is 14.3. The van der Waals surface area contributed by atoms with Crippen LogP contribution in [0.2, 0.25) is 0 Å². The van der Waals surface area contributed by atoms with Gasteiger partial charge in [-0.25, -0.2) is 4.79 Å². The van der Waals surface area contributed by atoms with Crippen LogP contribution in [0.3, 0.4) is 0 Å². The lowest BCUT2D eigenvalue weighted by Crippen LogP contribution is -2.24. The van der Waals surface area contributed by atoms with Crippen molar-refractivity contribution in [3.05, 3.63) is 52.6 Å². The van der Waals surface area contributed by atoms with Gasteiger partial charge in [0.1, 0.15) is 11.4 Å². The lowest BCUT2D eigenvalue weighted by Gasteiger charge is -2.21. The van der Waals surface area contributed by atoms with Gasteiger partial charge in [0.15, 0.2) is 5.75 Å². The van der Waals surface area contributed by atoms with E-state index < -0.39 is 11.0 Å². The van der Waals surface area contributed by atoms with E-state index in [-0.39, 0.29) is 11.4 Å². The molecule has 8 nitrogen and oxygen atoms in total. The second-order valence-corrected chi connectivity index (χ2v) is 6.01. The van der Waals surface area contributed by atoms with Gasteiger partial charge in [0.25, 0.3) is 5.69 Å². The molecule has 0 unspecified atom stereocenters. The monoisotopic (exact) mass is 357 g/mol. The third-order valence-corrected chi connectivity index (χ3v) is 4.33. The van der Waals surface area contributed by atoms with Gasteiger partial charge in [-0.1, -0.05) is 12.1 Å². The summed E-state index contributed by atoms with van der Waals surface area (Å²) in [5.41, 5.74) is 0.616. The highest BCUT2D eigenvalue weighted by atomic mass is 16.6. The summed E-state index contributed by atoms with van der Waals surface area (Å²) in [6, 6.07) is 11.7. The molecule has 0 aromatic heterocycles. The molecule has 3 rings (SSSR count). The van der Waals surface area contributed by atoms with Crippen molar-refractivity contribution in [1.29, 1.82) is 0 Å². The van der Waals surface area contributed by atoms with Gasteiger partial charge in [-0.2, -0.15) is 0 Å². The largest absolute Gasteiger partial charge is 0.465 e. The molecule has 1 saturated heterocycles. The molecular formula is C18H19N3O5. The van der Waals surface area contributed by atoms with Crippen LogP contribution in [0, 0.1) is 10.1 Å². The minimum absolute atomic E-state index is 0.0429. The fourth-order valence-corrected chi connectivity index (χ4v) is 2.98. The number of nitro groups is 1. The van der Waals surface area contributed by atoms with Gasteiger partial charge in [0, 0.05) is 32.3 Å². The van der Waals surface area contributed by atoms with Crippen LogP contribution in [0.1, 0.15) is 12.8 Å². The molecular weight excluding hydrogens is 338 g/mol. The molecule has 1 aliphatic rings. The molecule has 136 valence electrons. The number of ether oxygens (including phenoxy) is 1. The third kappa shape index (κ3) is 3.53. The van der Waals surface area contributed by atoms with Crippen molar-refractivity contribution in [2.45, 2.75) is 12.8 Å². The Balaban J connectivity index is 1.95. The van der Waals surface area contributed by atoms with Crippen molar-refractivity contribution >= 4 is 23.2 Å². The second-order valence-electron chi connectivity index (χ2n) is 6.01. The third-order valence-electron chi connectivity index (χ3n) is 4.33. The molecule has 2 aromatic carbocycles. The number of carboxylic acid groups (broad SMARTS) is 1. The highest BCUT2D eigenvalue weighted by Crippen LogP contribution is 2.37. The van der Waals surface area contributed by atoms with E-state index in [1.54, 1.807) is 0 Å². The van der Waals surface area contributed by atoms with Crippen LogP contribution in [0.5, 0.6) is 11.5 Å². The first-order valence-corrected chi connectivity index (χ1v) is 8.24. The van der Waals surface area contributed by atoms with Crippen LogP contribution >= 0.6 is 0 Å². The van der Waals surface area contributed by atoms with Crippen LogP contribution in [0.4, 0.5) is 21.9 Å². The van der Waals surface area contributed by atoms with E-state index in [1.165, 1.54) is 25.2 Å². The minimum atomic E-state index is -1.29. The summed E-state index contributed by atoms with van der Waals surface area (Å²) in [7, 11) is 1.26. The maximum absolute atomic E-state index is 11.2. The molecule has 26 heavy (non-hydrogen) atoms. The van der Waals surface area contributed by atoms with Gasteiger partial charge in [-0.05, 0) is 31.0 Å². The number of hydrogen-bond donors (Lipinski definition) is 1. The van der Waals surface area contributed by atoms with Gasteiger partial charge in [-0.3, -0.25) is 15.0 Å². The summed E-state index contributed by atoms with van der Waals surface area (Å²) in [5, 5.41) is 20.4. The summed E-state index contributed by atoms with van der Waals surface area (Å²) in [6.45, 7) is 1.90. The number of carbonyl (C=O) groups is 1. The quantitative estimate of drug-likeness (QED) is 0.639. The molecule has 1 N–H and O–H groups in total. The van der Waals surface area contributed by atoms with Gasteiger partial charge in [-0.15, -0.1) is 0 Å². The standard InChI is InChI=1S/C18H19N3O5/c1-19(18(22)23)16-12-13(8-9-14(16)21(24)25)26-17-7-3-2-6-15(17)20-10-4-5-11-20/h2-3,6-9,12H,4-5,10-11H2,1H3,(H,22,23). The van der Waals surface area contributed by atoms with E-state index >= 15 is 0 Å². The van der Waals surface area contributed by atoms with E-state index in [1.807, 2.05) is 24.3 Å². The lowest BCUT2D eigenvalue weighted by atomic mass is 10.2. The van der Waals surface area contributed by atoms with Gasteiger partial charge in [0.2, 0.25) is 0 Å². The zero-order chi connectivity index (χ0) is 18.7. The molecule has 1 amide bonds. The Morgan fingerprint density at radius 1 is 1.23 bits per heavy atom. The summed E-state index contributed by atoms with van der Waals surface area (Å²) in [5.74, 6) is 0.970. The number of benzene rings is 2. The first-order valence-electron chi connectivity index (χ1n) is 8.24. The van der Waals surface area contributed by atoms with Crippen LogP contribution < -0.4 is 14.5 Å². The Hall–Kier alpha value is -3.29. The molecule has 2 aromatic rings. The number of nitrogens with zero attached hydrogens (tertiary/aromatic N) is 3. The van der Waals surface area contributed by atoms with Crippen molar-refractivity contribution in [2.24, 2.45) is 0 Å². The Kier molecular flexibility index (Phi) is 4.92. The van der Waals surface area contributed by atoms with Gasteiger partial charge < -0.3 is 14.7 Å². The van der Waals surface area contributed by atoms with Gasteiger partial charge in [0.05, 0.1) is 10.6 Å². The van der Waals surface area contributed by atoms with Crippen molar-refractivity contribution < 1.29 is 19.6 Å². The van der Waals surface area contributed by atoms with Crippen molar-refractivity contribution in [3.8, 4) is 11.5 Å². The number of nitro benzene ring substituents is 1. The number of anilines is 2. The molecule has 0 radical (unpaired) electrons. The van der Waals surface area contributed by atoms with E-state index in [9.17, 15) is 14.9 Å². The van der Waals surface area contributed by atoms with E-state index in [0.717, 1.165) is 36.5 Å². The van der Waals surface area contributed by atoms with Crippen LogP contribution in [-0.2, 0) is 0 Å². The maximum Gasteiger partial charge on any atom is 0.411 e. The molecule has 0 spiro atoms.